The third kappa shape index (κ3) is 11.6. The van der Waals surface area contributed by atoms with Crippen molar-refractivity contribution in [2.24, 2.45) is 5.92 Å². The number of methoxy groups -OCH3 is 2. The quantitative estimate of drug-likeness (QED) is 0.0761. The molecule has 0 spiro atoms. The van der Waals surface area contributed by atoms with E-state index >= 15 is 0 Å². The number of fused-ring (bicyclic) bond motifs is 1. The third-order valence-corrected chi connectivity index (χ3v) is 17.0. The Bertz CT molecular complexity index is 2230. The van der Waals surface area contributed by atoms with Gasteiger partial charge in [-0.2, -0.15) is 4.98 Å². The number of imidazole rings is 1. The number of piperidine rings is 1. The first kappa shape index (κ1) is 47.0. The lowest BCUT2D eigenvalue weighted by atomic mass is 9.96. The second-order valence-electron chi connectivity index (χ2n) is 18.2. The van der Waals surface area contributed by atoms with Gasteiger partial charge in [-0.15, -0.1) is 5.10 Å². The Morgan fingerprint density at radius 2 is 1.56 bits per heavy atom. The summed E-state index contributed by atoms with van der Waals surface area (Å²) in [6.07, 6.45) is 4.36. The maximum absolute atomic E-state index is 12.2. The minimum atomic E-state index is -2.10. The zero-order valence-electron chi connectivity index (χ0n) is 38.7. The van der Waals surface area contributed by atoms with Crippen molar-refractivity contribution in [2.75, 3.05) is 57.3 Å². The van der Waals surface area contributed by atoms with Crippen molar-refractivity contribution < 1.29 is 33.6 Å². The van der Waals surface area contributed by atoms with E-state index in [1.54, 1.807) is 38.2 Å². The van der Waals surface area contributed by atoms with Gasteiger partial charge in [-0.05, 0) is 97.3 Å². The van der Waals surface area contributed by atoms with E-state index in [1.165, 1.54) is 4.90 Å². The van der Waals surface area contributed by atoms with E-state index in [0.29, 0.717) is 54.9 Å². The highest BCUT2D eigenvalue weighted by Crippen LogP contribution is 2.37. The van der Waals surface area contributed by atoms with Gasteiger partial charge in [-0.1, -0.05) is 58.4 Å². The van der Waals surface area contributed by atoms with E-state index in [4.69, 9.17) is 38.7 Å². The first-order chi connectivity index (χ1) is 30.0. The monoisotopic (exact) mass is 882 g/mol. The largest absolute Gasteiger partial charge is 0.497 e. The highest BCUT2D eigenvalue weighted by atomic mass is 28.4. The van der Waals surface area contributed by atoms with Crippen LogP contribution in [0.3, 0.4) is 0 Å². The van der Waals surface area contributed by atoms with Crippen LogP contribution in [-0.2, 0) is 17.5 Å². The molecule has 1 amide bonds. The molecule has 2 N–H and O–H groups in total. The standard InChI is InChI=1S/C47H66N8O7Si/c1-11-12-39(31-61-63(9,10)47(3,4)5)62-45-50-44(54(29-33-13-17-37(59-7)18-14-33)30-34-15-19-38(60-8)20-16-34)43-49-27-40(55(43)51-45)41(56)36-25-32(2)42(48-26-36)53-23-21-35(22-24-53)28-52(6)46(57)58/h13-20,25-27,35,39,41,56H,11-12,21-24,28-31H2,1-10H3,(H,57,58). The van der Waals surface area contributed by atoms with Gasteiger partial charge in [-0.3, -0.25) is 0 Å². The molecule has 6 rings (SSSR count). The van der Waals surface area contributed by atoms with Crippen molar-refractivity contribution in [3.8, 4) is 17.5 Å². The van der Waals surface area contributed by atoms with Crippen molar-refractivity contribution in [1.82, 2.24) is 29.5 Å². The fourth-order valence-corrected chi connectivity index (χ4v) is 8.66. The van der Waals surface area contributed by atoms with Crippen LogP contribution in [0.2, 0.25) is 18.1 Å². The van der Waals surface area contributed by atoms with Crippen LogP contribution in [0, 0.1) is 12.8 Å². The molecular formula is C47H66N8O7Si. The highest BCUT2D eigenvalue weighted by molar-refractivity contribution is 6.74. The summed E-state index contributed by atoms with van der Waals surface area (Å²) in [5.41, 5.74) is 4.48. The highest BCUT2D eigenvalue weighted by Gasteiger charge is 2.38. The van der Waals surface area contributed by atoms with Gasteiger partial charge in [0.2, 0.25) is 0 Å². The molecule has 1 aliphatic rings. The van der Waals surface area contributed by atoms with Gasteiger partial charge < -0.3 is 43.5 Å². The lowest BCUT2D eigenvalue weighted by Crippen LogP contribution is -2.43. The second kappa shape index (κ2) is 20.4. The topological polar surface area (TPSA) is 160 Å². The molecule has 340 valence electrons. The number of aromatic nitrogens is 5. The number of aryl methyl sites for hydroxylation is 1. The Balaban J connectivity index is 1.38. The molecule has 0 aliphatic carbocycles. The van der Waals surface area contributed by atoms with Crippen LogP contribution in [0.4, 0.5) is 16.4 Å². The molecule has 15 nitrogen and oxygen atoms in total. The van der Waals surface area contributed by atoms with Crippen LogP contribution >= 0.6 is 0 Å². The summed E-state index contributed by atoms with van der Waals surface area (Å²) in [5, 5.41) is 26.5. The first-order valence-electron chi connectivity index (χ1n) is 21.9. The summed E-state index contributed by atoms with van der Waals surface area (Å²) in [7, 11) is 2.83. The lowest BCUT2D eigenvalue weighted by Gasteiger charge is -2.37. The Labute approximate surface area is 373 Å². The number of anilines is 2. The van der Waals surface area contributed by atoms with Gasteiger partial charge >= 0.3 is 12.1 Å². The summed E-state index contributed by atoms with van der Waals surface area (Å²) < 4.78 is 26.0. The van der Waals surface area contributed by atoms with Gasteiger partial charge in [0.25, 0.3) is 0 Å². The fraction of sp³-hybridized carbons (Fsp3) is 0.511. The molecule has 2 aromatic carbocycles. The molecule has 1 saturated heterocycles. The third-order valence-electron chi connectivity index (χ3n) is 12.5. The summed E-state index contributed by atoms with van der Waals surface area (Å²) in [6.45, 7) is 18.7. The average molecular weight is 883 g/mol. The van der Waals surface area contributed by atoms with Gasteiger partial charge in [0.15, 0.2) is 19.8 Å². The Morgan fingerprint density at radius 3 is 2.08 bits per heavy atom. The summed E-state index contributed by atoms with van der Waals surface area (Å²) in [6, 6.07) is 18.0. The van der Waals surface area contributed by atoms with Crippen molar-refractivity contribution in [3.63, 3.8) is 0 Å². The zero-order valence-corrected chi connectivity index (χ0v) is 39.7. The van der Waals surface area contributed by atoms with Crippen molar-refractivity contribution >= 4 is 31.7 Å². The van der Waals surface area contributed by atoms with E-state index < -0.39 is 20.5 Å². The molecule has 1 fully saturated rings. The van der Waals surface area contributed by atoms with E-state index in [9.17, 15) is 15.0 Å². The van der Waals surface area contributed by atoms with Gasteiger partial charge in [0.05, 0.1) is 32.7 Å². The number of rotatable bonds is 19. The van der Waals surface area contributed by atoms with Gasteiger partial charge in [-0.25, -0.2) is 19.3 Å². The molecule has 16 heteroatoms. The predicted octanol–water partition coefficient (Wildman–Crippen LogP) is 8.53. The van der Waals surface area contributed by atoms with E-state index in [1.807, 2.05) is 61.5 Å². The number of ether oxygens (including phenoxy) is 3. The number of pyridine rings is 1. The van der Waals surface area contributed by atoms with Crippen LogP contribution < -0.4 is 24.0 Å². The molecular weight excluding hydrogens is 817 g/mol. The van der Waals surface area contributed by atoms with Gasteiger partial charge in [0, 0.05) is 51.5 Å². The molecule has 0 saturated carbocycles. The minimum absolute atomic E-state index is 0.0283. The number of amides is 1. The van der Waals surface area contributed by atoms with Crippen LogP contribution in [0.25, 0.3) is 5.65 Å². The minimum Gasteiger partial charge on any atom is -0.497 e. The van der Waals surface area contributed by atoms with Crippen LogP contribution in [-0.4, -0.2) is 108 Å². The number of hydrogen-bond donors (Lipinski definition) is 2. The number of hydrogen-bond acceptors (Lipinski definition) is 12. The summed E-state index contributed by atoms with van der Waals surface area (Å²) in [4.78, 5) is 32.0. The maximum atomic E-state index is 12.2. The second-order valence-corrected chi connectivity index (χ2v) is 23.0. The van der Waals surface area contributed by atoms with Crippen LogP contribution in [0.1, 0.15) is 87.4 Å². The average Bonchev–Trinajstić information content (AvgIpc) is 3.69. The number of benzene rings is 2. The SMILES string of the molecule is CCCC(CO[Si](C)(C)C(C)(C)C)Oc1nc(N(Cc2ccc(OC)cc2)Cc2ccc(OC)cc2)c2ncc(C(O)c3cnc(N4CCC(CN(C)C(=O)O)CC4)c(C)c3)n2n1. The Morgan fingerprint density at radius 1 is 0.952 bits per heavy atom. The van der Waals surface area contributed by atoms with Crippen LogP contribution in [0.15, 0.2) is 67.0 Å². The molecule has 0 radical (unpaired) electrons. The smallest absolute Gasteiger partial charge is 0.407 e. The molecule has 1 aliphatic heterocycles. The normalized spacial score (nSPS) is 14.7. The number of aliphatic hydroxyl groups is 1. The predicted molar refractivity (Wildman–Crippen MR) is 248 cm³/mol. The van der Waals surface area contributed by atoms with E-state index in [0.717, 1.165) is 72.8 Å². The molecule has 3 aromatic heterocycles. The van der Waals surface area contributed by atoms with Crippen molar-refractivity contribution in [3.05, 3.63) is 94.9 Å². The molecule has 0 bridgehead atoms. The van der Waals surface area contributed by atoms with Gasteiger partial charge in [0.1, 0.15) is 29.5 Å². The Hall–Kier alpha value is -5.45. The molecule has 5 aromatic rings. The number of aliphatic hydroxyl groups excluding tert-OH is 1. The molecule has 2 atom stereocenters. The lowest BCUT2D eigenvalue weighted by molar-refractivity contribution is 0.102. The number of nitrogens with zero attached hydrogens (tertiary/aromatic N) is 8. The van der Waals surface area contributed by atoms with E-state index in [2.05, 4.69) is 50.6 Å². The summed E-state index contributed by atoms with van der Waals surface area (Å²) >= 11 is 0. The zero-order chi connectivity index (χ0) is 45.5. The van der Waals surface area contributed by atoms with Crippen LogP contribution in [0.5, 0.6) is 17.5 Å². The fourth-order valence-electron chi connectivity index (χ4n) is 7.62. The van der Waals surface area contributed by atoms with E-state index in [-0.39, 0.29) is 17.2 Å². The van der Waals surface area contributed by atoms with Crippen molar-refractivity contribution in [1.29, 1.82) is 0 Å². The Kier molecular flexibility index (Phi) is 15.2. The molecule has 63 heavy (non-hydrogen) atoms. The summed E-state index contributed by atoms with van der Waals surface area (Å²) in [5.74, 6) is 3.21. The molecule has 4 heterocycles. The molecule has 2 unspecified atom stereocenters. The number of carbonyl (C=O) groups is 1. The van der Waals surface area contributed by atoms with Crippen molar-refractivity contribution in [2.45, 2.75) is 104 Å². The maximum Gasteiger partial charge on any atom is 0.407 e. The first-order valence-corrected chi connectivity index (χ1v) is 24.8. The number of carboxylic acid groups (broad SMARTS) is 1.